The summed E-state index contributed by atoms with van der Waals surface area (Å²) in [5.74, 6) is 0.859. The Kier molecular flexibility index (Phi) is 4.93. The lowest BCUT2D eigenvalue weighted by Gasteiger charge is -2.11. The summed E-state index contributed by atoms with van der Waals surface area (Å²) in [5.41, 5.74) is 3.09. The van der Waals surface area contributed by atoms with Crippen molar-refractivity contribution in [1.29, 1.82) is 0 Å². The van der Waals surface area contributed by atoms with Crippen molar-refractivity contribution in [3.8, 4) is 0 Å². The molecule has 0 spiro atoms. The molecule has 1 aromatic rings. The van der Waals surface area contributed by atoms with Crippen LogP contribution in [0.3, 0.4) is 0 Å². The molecule has 1 nitrogen and oxygen atoms in total. The fraction of sp³-hybridized carbons (Fsp3) is 0.600. The quantitative estimate of drug-likeness (QED) is 0.738. The predicted molar refractivity (Wildman–Crippen MR) is 77.7 cm³/mol. The number of nitrogens with one attached hydrogen (secondary N) is 1. The summed E-state index contributed by atoms with van der Waals surface area (Å²) < 4.78 is 0. The highest BCUT2D eigenvalue weighted by molar-refractivity contribution is 7.99. The number of rotatable bonds is 7. The Morgan fingerprint density at radius 1 is 1.35 bits per heavy atom. The Bertz CT molecular complexity index is 347. The van der Waals surface area contributed by atoms with Crippen LogP contribution >= 0.6 is 11.8 Å². The van der Waals surface area contributed by atoms with E-state index >= 15 is 0 Å². The number of hydrogen-bond donors (Lipinski definition) is 1. The van der Waals surface area contributed by atoms with Gasteiger partial charge in [-0.25, -0.2) is 0 Å². The molecule has 2 heteroatoms. The standard InChI is InChI=1S/C15H23NS/c1-12(17-2)9-10-16-11-14-5-3-4-6-15(14)13-7-8-13/h3-6,12-13,16H,7-11H2,1-2H3. The van der Waals surface area contributed by atoms with E-state index in [1.54, 1.807) is 5.56 Å². The van der Waals surface area contributed by atoms with Gasteiger partial charge >= 0.3 is 0 Å². The third kappa shape index (κ3) is 4.04. The van der Waals surface area contributed by atoms with E-state index in [1.807, 2.05) is 11.8 Å². The highest BCUT2D eigenvalue weighted by Crippen LogP contribution is 2.41. The van der Waals surface area contributed by atoms with Crippen LogP contribution in [0.25, 0.3) is 0 Å². The maximum Gasteiger partial charge on any atom is 0.0208 e. The highest BCUT2D eigenvalue weighted by Gasteiger charge is 2.25. The predicted octanol–water partition coefficient (Wildman–Crippen LogP) is 3.80. The summed E-state index contributed by atoms with van der Waals surface area (Å²) in [6.45, 7) is 4.46. The van der Waals surface area contributed by atoms with E-state index in [0.29, 0.717) is 0 Å². The molecule has 1 unspecified atom stereocenters. The minimum atomic E-state index is 0.765. The molecule has 94 valence electrons. The molecule has 0 heterocycles. The molecule has 0 saturated heterocycles. The van der Waals surface area contributed by atoms with Gasteiger partial charge in [-0.1, -0.05) is 31.2 Å². The molecule has 2 rings (SSSR count). The summed E-state index contributed by atoms with van der Waals surface area (Å²) in [4.78, 5) is 0. The van der Waals surface area contributed by atoms with Gasteiger partial charge in [0.15, 0.2) is 0 Å². The van der Waals surface area contributed by atoms with E-state index in [9.17, 15) is 0 Å². The van der Waals surface area contributed by atoms with Gasteiger partial charge < -0.3 is 5.32 Å². The second-order valence-corrected chi connectivity index (χ2v) is 6.26. The summed E-state index contributed by atoms with van der Waals surface area (Å²) in [6, 6.07) is 8.91. The van der Waals surface area contributed by atoms with Crippen LogP contribution in [-0.2, 0) is 6.54 Å². The first-order valence-corrected chi connectivity index (χ1v) is 7.91. The van der Waals surface area contributed by atoms with Crippen LogP contribution < -0.4 is 5.32 Å². The molecule has 1 aromatic carbocycles. The van der Waals surface area contributed by atoms with Crippen LogP contribution in [0.1, 0.15) is 43.2 Å². The molecule has 0 aromatic heterocycles. The van der Waals surface area contributed by atoms with Gasteiger partial charge in [0.2, 0.25) is 0 Å². The third-order valence-electron chi connectivity index (χ3n) is 3.52. The van der Waals surface area contributed by atoms with Gasteiger partial charge in [0, 0.05) is 11.8 Å². The van der Waals surface area contributed by atoms with Crippen LogP contribution in [0, 0.1) is 0 Å². The lowest BCUT2D eigenvalue weighted by atomic mass is 10.0. The Labute approximate surface area is 109 Å². The van der Waals surface area contributed by atoms with Gasteiger partial charge in [0.1, 0.15) is 0 Å². The lowest BCUT2D eigenvalue weighted by molar-refractivity contribution is 0.645. The molecule has 1 saturated carbocycles. The third-order valence-corrected chi connectivity index (χ3v) is 4.56. The first-order valence-electron chi connectivity index (χ1n) is 6.62. The SMILES string of the molecule is CSC(C)CCNCc1ccccc1C1CC1. The van der Waals surface area contributed by atoms with Crippen molar-refractivity contribution >= 4 is 11.8 Å². The average molecular weight is 249 g/mol. The van der Waals surface area contributed by atoms with Gasteiger partial charge in [-0.3, -0.25) is 0 Å². The van der Waals surface area contributed by atoms with Gasteiger partial charge in [-0.15, -0.1) is 0 Å². The van der Waals surface area contributed by atoms with E-state index in [-0.39, 0.29) is 0 Å². The van der Waals surface area contributed by atoms with E-state index in [2.05, 4.69) is 42.8 Å². The Hall–Kier alpha value is -0.470. The number of hydrogen-bond acceptors (Lipinski definition) is 2. The first kappa shape index (κ1) is 13.0. The zero-order valence-electron chi connectivity index (χ0n) is 10.9. The van der Waals surface area contributed by atoms with Gasteiger partial charge in [0.05, 0.1) is 0 Å². The highest BCUT2D eigenvalue weighted by atomic mass is 32.2. The molecule has 0 aliphatic heterocycles. The summed E-state index contributed by atoms with van der Waals surface area (Å²) in [6.07, 6.45) is 6.22. The van der Waals surface area contributed by atoms with E-state index in [4.69, 9.17) is 0 Å². The Balaban J connectivity index is 1.78. The smallest absolute Gasteiger partial charge is 0.0208 e. The number of benzene rings is 1. The van der Waals surface area contributed by atoms with Gasteiger partial charge in [-0.2, -0.15) is 11.8 Å². The van der Waals surface area contributed by atoms with E-state index in [0.717, 1.165) is 24.3 Å². The van der Waals surface area contributed by atoms with Crippen LogP contribution in [-0.4, -0.2) is 18.1 Å². The molecule has 0 amide bonds. The van der Waals surface area contributed by atoms with Crippen molar-refractivity contribution in [3.63, 3.8) is 0 Å². The molecule has 1 fully saturated rings. The summed E-state index contributed by atoms with van der Waals surface area (Å²) in [5, 5.41) is 4.34. The van der Waals surface area contributed by atoms with Crippen molar-refractivity contribution in [2.45, 2.75) is 43.9 Å². The molecule has 1 atom stereocenters. The Morgan fingerprint density at radius 3 is 2.82 bits per heavy atom. The second kappa shape index (κ2) is 6.46. The van der Waals surface area contributed by atoms with Crippen LogP contribution in [0.5, 0.6) is 0 Å². The molecule has 0 radical (unpaired) electrons. The molecular formula is C15H23NS. The lowest BCUT2D eigenvalue weighted by Crippen LogP contribution is -2.18. The zero-order chi connectivity index (χ0) is 12.1. The first-order chi connectivity index (χ1) is 8.31. The topological polar surface area (TPSA) is 12.0 Å². The summed E-state index contributed by atoms with van der Waals surface area (Å²) >= 11 is 1.95. The normalized spacial score (nSPS) is 17.1. The molecule has 1 aliphatic rings. The van der Waals surface area contributed by atoms with Crippen molar-refractivity contribution in [1.82, 2.24) is 5.32 Å². The van der Waals surface area contributed by atoms with Crippen LogP contribution in [0.4, 0.5) is 0 Å². The Morgan fingerprint density at radius 2 is 2.12 bits per heavy atom. The van der Waals surface area contributed by atoms with Crippen LogP contribution in [0.15, 0.2) is 24.3 Å². The van der Waals surface area contributed by atoms with Crippen molar-refractivity contribution in [2.24, 2.45) is 0 Å². The molecule has 1 N–H and O–H groups in total. The molecule has 17 heavy (non-hydrogen) atoms. The monoisotopic (exact) mass is 249 g/mol. The van der Waals surface area contributed by atoms with Crippen LogP contribution in [0.2, 0.25) is 0 Å². The second-order valence-electron chi connectivity index (χ2n) is 4.98. The maximum absolute atomic E-state index is 3.58. The molecular weight excluding hydrogens is 226 g/mol. The number of thioether (sulfide) groups is 1. The largest absolute Gasteiger partial charge is 0.313 e. The average Bonchev–Trinajstić information content (AvgIpc) is 3.19. The summed E-state index contributed by atoms with van der Waals surface area (Å²) in [7, 11) is 0. The fourth-order valence-electron chi connectivity index (χ4n) is 2.13. The zero-order valence-corrected chi connectivity index (χ0v) is 11.7. The van der Waals surface area contributed by atoms with E-state index < -0.39 is 0 Å². The van der Waals surface area contributed by atoms with Crippen molar-refractivity contribution in [3.05, 3.63) is 35.4 Å². The van der Waals surface area contributed by atoms with Crippen molar-refractivity contribution in [2.75, 3.05) is 12.8 Å². The molecule has 1 aliphatic carbocycles. The fourth-order valence-corrected chi connectivity index (χ4v) is 2.49. The minimum absolute atomic E-state index is 0.765. The minimum Gasteiger partial charge on any atom is -0.313 e. The molecule has 0 bridgehead atoms. The maximum atomic E-state index is 3.58. The van der Waals surface area contributed by atoms with Crippen molar-refractivity contribution < 1.29 is 0 Å². The van der Waals surface area contributed by atoms with E-state index in [1.165, 1.54) is 24.8 Å². The van der Waals surface area contributed by atoms with Gasteiger partial charge in [-0.05, 0) is 49.1 Å². The van der Waals surface area contributed by atoms with Gasteiger partial charge in [0.25, 0.3) is 0 Å².